The van der Waals surface area contributed by atoms with E-state index in [1.165, 1.54) is 12.1 Å². The van der Waals surface area contributed by atoms with Crippen molar-refractivity contribution in [2.45, 2.75) is 26.3 Å². The molecule has 31 heavy (non-hydrogen) atoms. The predicted molar refractivity (Wildman–Crippen MR) is 111 cm³/mol. The first-order valence-electron chi connectivity index (χ1n) is 9.93. The second kappa shape index (κ2) is 8.38. The molecule has 1 atom stereocenters. The van der Waals surface area contributed by atoms with Gasteiger partial charge in [-0.15, -0.1) is 0 Å². The summed E-state index contributed by atoms with van der Waals surface area (Å²) in [5, 5.41) is 7.53. The van der Waals surface area contributed by atoms with Crippen molar-refractivity contribution in [2.24, 2.45) is 5.73 Å². The van der Waals surface area contributed by atoms with Crippen LogP contribution in [0.4, 0.5) is 14.6 Å². The van der Waals surface area contributed by atoms with E-state index in [2.05, 4.69) is 20.4 Å². The van der Waals surface area contributed by atoms with Crippen molar-refractivity contribution < 1.29 is 13.6 Å². The number of anilines is 1. The second-order valence-electron chi connectivity index (χ2n) is 7.62. The normalized spacial score (nSPS) is 16.5. The molecule has 3 aromatic rings. The Kier molecular flexibility index (Phi) is 5.64. The minimum Gasteiger partial charge on any atom is -0.368 e. The Labute approximate surface area is 178 Å². The van der Waals surface area contributed by atoms with Crippen molar-refractivity contribution in [1.29, 1.82) is 0 Å². The molecule has 0 saturated carbocycles. The highest BCUT2D eigenvalue weighted by Crippen LogP contribution is 2.21. The van der Waals surface area contributed by atoms with E-state index < -0.39 is 23.6 Å². The van der Waals surface area contributed by atoms with E-state index >= 15 is 0 Å². The average molecular weight is 427 g/mol. The number of carbonyl (C=O) groups is 1. The van der Waals surface area contributed by atoms with Gasteiger partial charge in [-0.05, 0) is 31.5 Å². The molecule has 1 amide bonds. The van der Waals surface area contributed by atoms with Crippen molar-refractivity contribution in [1.82, 2.24) is 25.1 Å². The average Bonchev–Trinajstić information content (AvgIpc) is 3.08. The molecule has 3 heterocycles. The highest BCUT2D eigenvalue weighted by Gasteiger charge is 2.25. The highest BCUT2D eigenvalue weighted by atomic mass is 19.1. The summed E-state index contributed by atoms with van der Waals surface area (Å²) in [6.07, 6.45) is 0.152. The zero-order valence-corrected chi connectivity index (χ0v) is 17.3. The lowest BCUT2D eigenvalue weighted by molar-refractivity contribution is -0.120. The molecule has 0 spiro atoms. The van der Waals surface area contributed by atoms with Gasteiger partial charge in [0.15, 0.2) is 0 Å². The molecule has 162 valence electrons. The largest absolute Gasteiger partial charge is 0.368 e. The summed E-state index contributed by atoms with van der Waals surface area (Å²) < 4.78 is 29.2. The zero-order valence-electron chi connectivity index (χ0n) is 17.3. The number of primary amides is 1. The Morgan fingerprint density at radius 2 is 2.03 bits per heavy atom. The minimum atomic E-state index is -0.635. The van der Waals surface area contributed by atoms with Crippen LogP contribution in [0.25, 0.3) is 5.95 Å². The molecular formula is C21H23F2N7O. The van der Waals surface area contributed by atoms with Crippen molar-refractivity contribution in [3.05, 3.63) is 64.6 Å². The van der Waals surface area contributed by atoms with Crippen LogP contribution in [0.5, 0.6) is 0 Å². The number of hydrogen-bond acceptors (Lipinski definition) is 6. The number of aromatic nitrogens is 4. The first kappa shape index (κ1) is 20.9. The summed E-state index contributed by atoms with van der Waals surface area (Å²) in [4.78, 5) is 22.8. The SMILES string of the molecule is Cc1cc(C)n(-c2nc(Cc3ccc(F)cc3F)cc(N3CCN[C@H](C(N)=O)C3)n2)n1. The van der Waals surface area contributed by atoms with Gasteiger partial charge in [0.2, 0.25) is 5.91 Å². The predicted octanol–water partition coefficient (Wildman–Crippen LogP) is 1.41. The fraction of sp³-hybridized carbons (Fsp3) is 0.333. The Hall–Kier alpha value is -3.40. The van der Waals surface area contributed by atoms with E-state index in [4.69, 9.17) is 5.73 Å². The van der Waals surface area contributed by atoms with E-state index in [0.717, 1.165) is 17.5 Å². The van der Waals surface area contributed by atoms with E-state index in [9.17, 15) is 13.6 Å². The molecule has 1 saturated heterocycles. The monoisotopic (exact) mass is 427 g/mol. The lowest BCUT2D eigenvalue weighted by Gasteiger charge is -2.33. The maximum absolute atomic E-state index is 14.3. The van der Waals surface area contributed by atoms with Crippen molar-refractivity contribution in [2.75, 3.05) is 24.5 Å². The molecule has 0 unspecified atom stereocenters. The number of nitrogens with zero attached hydrogens (tertiary/aromatic N) is 5. The van der Waals surface area contributed by atoms with Crippen LogP contribution in [0, 0.1) is 25.5 Å². The van der Waals surface area contributed by atoms with E-state index in [1.807, 2.05) is 24.8 Å². The first-order chi connectivity index (χ1) is 14.8. The maximum Gasteiger partial charge on any atom is 0.252 e. The van der Waals surface area contributed by atoms with Crippen molar-refractivity contribution in [3.8, 4) is 5.95 Å². The van der Waals surface area contributed by atoms with Crippen LogP contribution in [0.3, 0.4) is 0 Å². The second-order valence-corrected chi connectivity index (χ2v) is 7.62. The molecule has 1 fully saturated rings. The molecule has 0 aliphatic carbocycles. The number of benzene rings is 1. The lowest BCUT2D eigenvalue weighted by Crippen LogP contribution is -2.56. The van der Waals surface area contributed by atoms with Gasteiger partial charge in [0.25, 0.3) is 5.95 Å². The minimum absolute atomic E-state index is 0.152. The van der Waals surface area contributed by atoms with Crippen LogP contribution >= 0.6 is 0 Å². The third kappa shape index (κ3) is 4.53. The van der Waals surface area contributed by atoms with Crippen LogP contribution in [-0.4, -0.2) is 51.3 Å². The van der Waals surface area contributed by atoms with Gasteiger partial charge in [-0.2, -0.15) is 10.1 Å². The van der Waals surface area contributed by atoms with Crippen molar-refractivity contribution in [3.63, 3.8) is 0 Å². The number of halogens is 2. The Balaban J connectivity index is 1.75. The zero-order chi connectivity index (χ0) is 22.1. The number of hydrogen-bond donors (Lipinski definition) is 2. The van der Waals surface area contributed by atoms with Gasteiger partial charge in [0, 0.05) is 43.9 Å². The topological polar surface area (TPSA) is 102 Å². The third-order valence-electron chi connectivity index (χ3n) is 5.18. The molecule has 1 aliphatic heterocycles. The number of amides is 1. The molecule has 3 N–H and O–H groups in total. The number of aryl methyl sites for hydroxylation is 2. The van der Waals surface area contributed by atoms with Gasteiger partial charge < -0.3 is 16.0 Å². The molecule has 1 aliphatic rings. The van der Waals surface area contributed by atoms with Gasteiger partial charge in [0.05, 0.1) is 11.4 Å². The van der Waals surface area contributed by atoms with Gasteiger partial charge in [-0.1, -0.05) is 6.07 Å². The fourth-order valence-corrected chi connectivity index (χ4v) is 3.66. The van der Waals surface area contributed by atoms with Crippen LogP contribution in [0.2, 0.25) is 0 Å². The standard InChI is InChI=1S/C21H23F2N7O/c1-12-7-13(2)30(28-12)21-26-16(8-14-3-4-15(22)9-17(14)23)10-19(27-21)29-6-5-25-18(11-29)20(24)31/h3-4,7,9-10,18,25H,5-6,8,11H2,1-2H3,(H2,24,31)/t18-/m0/s1. The highest BCUT2D eigenvalue weighted by molar-refractivity contribution is 5.80. The number of rotatable bonds is 5. The van der Waals surface area contributed by atoms with E-state index in [1.54, 1.807) is 10.7 Å². The molecule has 2 aromatic heterocycles. The number of nitrogens with one attached hydrogen (secondary N) is 1. The molecule has 0 radical (unpaired) electrons. The van der Waals surface area contributed by atoms with Gasteiger partial charge in [0.1, 0.15) is 23.5 Å². The van der Waals surface area contributed by atoms with E-state index in [0.29, 0.717) is 42.7 Å². The van der Waals surface area contributed by atoms with Crippen molar-refractivity contribution >= 4 is 11.7 Å². The van der Waals surface area contributed by atoms with Crippen LogP contribution in [0.15, 0.2) is 30.3 Å². The Morgan fingerprint density at radius 1 is 1.23 bits per heavy atom. The molecule has 8 nitrogen and oxygen atoms in total. The third-order valence-corrected chi connectivity index (χ3v) is 5.18. The fourth-order valence-electron chi connectivity index (χ4n) is 3.66. The summed E-state index contributed by atoms with van der Waals surface area (Å²) in [6, 6.07) is 6.64. The van der Waals surface area contributed by atoms with Crippen LogP contribution in [-0.2, 0) is 11.2 Å². The smallest absolute Gasteiger partial charge is 0.252 e. The first-order valence-corrected chi connectivity index (χ1v) is 9.93. The summed E-state index contributed by atoms with van der Waals surface area (Å²) >= 11 is 0. The molecule has 4 rings (SSSR count). The van der Waals surface area contributed by atoms with Gasteiger partial charge >= 0.3 is 0 Å². The summed E-state index contributed by atoms with van der Waals surface area (Å²) in [5.41, 5.74) is 8.00. The van der Waals surface area contributed by atoms with Gasteiger partial charge in [-0.25, -0.2) is 18.4 Å². The number of piperazine rings is 1. The number of carbonyl (C=O) groups excluding carboxylic acids is 1. The van der Waals surface area contributed by atoms with Gasteiger partial charge in [-0.3, -0.25) is 4.79 Å². The maximum atomic E-state index is 14.3. The number of nitrogens with two attached hydrogens (primary N) is 1. The van der Waals surface area contributed by atoms with Crippen LogP contribution in [0.1, 0.15) is 22.6 Å². The summed E-state index contributed by atoms with van der Waals surface area (Å²) in [7, 11) is 0. The molecular weight excluding hydrogens is 404 g/mol. The lowest BCUT2D eigenvalue weighted by atomic mass is 10.1. The van der Waals surface area contributed by atoms with Crippen LogP contribution < -0.4 is 16.0 Å². The summed E-state index contributed by atoms with van der Waals surface area (Å²) in [5.74, 6) is -0.779. The quantitative estimate of drug-likeness (QED) is 0.639. The summed E-state index contributed by atoms with van der Waals surface area (Å²) in [6.45, 7) is 5.29. The Bertz CT molecular complexity index is 1130. The molecule has 10 heteroatoms. The molecule has 0 bridgehead atoms. The Morgan fingerprint density at radius 3 is 2.71 bits per heavy atom. The molecule has 1 aromatic carbocycles. The van der Waals surface area contributed by atoms with E-state index in [-0.39, 0.29) is 6.42 Å².